The second-order valence-electron chi connectivity index (χ2n) is 5.67. The van der Waals surface area contributed by atoms with Crippen LogP contribution >= 0.6 is 63.7 Å². The standard InChI is InChI=1S/C16H23Br4NO2S/c1-2-3-4-5-6-7-8-9-10-21-24(22,23)13-11-12(17)14(18)16(20)15(13)19/h11,21H,2-10H2,1H3. The number of rotatable bonds is 11. The largest absolute Gasteiger partial charge is 0.241 e. The first-order valence-corrected chi connectivity index (χ1v) is 12.8. The summed E-state index contributed by atoms with van der Waals surface area (Å²) >= 11 is 13.5. The third-order valence-corrected chi connectivity index (χ3v) is 10.1. The molecule has 138 valence electrons. The highest BCUT2D eigenvalue weighted by atomic mass is 79.9. The number of hydrogen-bond acceptors (Lipinski definition) is 2. The van der Waals surface area contributed by atoms with E-state index < -0.39 is 10.0 Å². The van der Waals surface area contributed by atoms with E-state index in [1.165, 1.54) is 38.5 Å². The molecular formula is C16H23Br4NO2S. The van der Waals surface area contributed by atoms with Gasteiger partial charge in [0.15, 0.2) is 0 Å². The predicted molar refractivity (Wildman–Crippen MR) is 115 cm³/mol. The van der Waals surface area contributed by atoms with Crippen LogP contribution in [-0.2, 0) is 10.0 Å². The van der Waals surface area contributed by atoms with Gasteiger partial charge in [0, 0.05) is 20.0 Å². The van der Waals surface area contributed by atoms with E-state index in [-0.39, 0.29) is 4.90 Å². The zero-order valence-electron chi connectivity index (χ0n) is 13.7. The maximum Gasteiger partial charge on any atom is 0.241 e. The Kier molecular flexibility index (Phi) is 11.3. The molecule has 0 unspecified atom stereocenters. The van der Waals surface area contributed by atoms with Crippen molar-refractivity contribution in [3.8, 4) is 0 Å². The van der Waals surface area contributed by atoms with Gasteiger partial charge in [-0.1, -0.05) is 51.9 Å². The number of halogens is 4. The van der Waals surface area contributed by atoms with Crippen LogP contribution in [0.15, 0.2) is 28.9 Å². The molecule has 0 bridgehead atoms. The molecule has 0 spiro atoms. The minimum absolute atomic E-state index is 0.226. The van der Waals surface area contributed by atoms with Gasteiger partial charge in [-0.05, 0) is 76.2 Å². The van der Waals surface area contributed by atoms with Gasteiger partial charge in [0.2, 0.25) is 10.0 Å². The van der Waals surface area contributed by atoms with Crippen molar-refractivity contribution in [2.75, 3.05) is 6.54 Å². The molecule has 1 rings (SSSR count). The Morgan fingerprint density at radius 2 is 1.38 bits per heavy atom. The van der Waals surface area contributed by atoms with Gasteiger partial charge in [0.1, 0.15) is 0 Å². The van der Waals surface area contributed by atoms with E-state index in [1.807, 2.05) is 0 Å². The molecule has 0 aliphatic carbocycles. The Balaban J connectivity index is 2.45. The summed E-state index contributed by atoms with van der Waals surface area (Å²) in [5.74, 6) is 0. The van der Waals surface area contributed by atoms with E-state index >= 15 is 0 Å². The Morgan fingerprint density at radius 3 is 1.96 bits per heavy atom. The van der Waals surface area contributed by atoms with E-state index in [4.69, 9.17) is 0 Å². The van der Waals surface area contributed by atoms with Gasteiger partial charge < -0.3 is 0 Å². The molecule has 8 heteroatoms. The lowest BCUT2D eigenvalue weighted by Crippen LogP contribution is -2.25. The molecule has 1 N–H and O–H groups in total. The maximum atomic E-state index is 12.5. The molecular weight excluding hydrogens is 590 g/mol. The zero-order chi connectivity index (χ0) is 18.2. The molecule has 24 heavy (non-hydrogen) atoms. The molecule has 1 aromatic rings. The predicted octanol–water partition coefficient (Wildman–Crippen LogP) is 7.16. The van der Waals surface area contributed by atoms with Crippen LogP contribution in [0.4, 0.5) is 0 Å². The van der Waals surface area contributed by atoms with Crippen LogP contribution in [0.3, 0.4) is 0 Å². The summed E-state index contributed by atoms with van der Waals surface area (Å²) in [5.41, 5.74) is 0. The number of hydrogen-bond donors (Lipinski definition) is 1. The maximum absolute atomic E-state index is 12.5. The average Bonchev–Trinajstić information content (AvgIpc) is 2.54. The quantitative estimate of drug-likeness (QED) is 0.164. The van der Waals surface area contributed by atoms with Gasteiger partial charge in [-0.15, -0.1) is 0 Å². The summed E-state index contributed by atoms with van der Waals surface area (Å²) in [6.45, 7) is 2.68. The molecule has 0 aliphatic heterocycles. The van der Waals surface area contributed by atoms with Crippen LogP contribution in [0.25, 0.3) is 0 Å². The molecule has 0 aliphatic rings. The zero-order valence-corrected chi connectivity index (χ0v) is 20.8. The molecule has 0 atom stereocenters. The average molecular weight is 613 g/mol. The monoisotopic (exact) mass is 609 g/mol. The van der Waals surface area contributed by atoms with Crippen molar-refractivity contribution < 1.29 is 8.42 Å². The van der Waals surface area contributed by atoms with Gasteiger partial charge in [-0.25, -0.2) is 13.1 Å². The first-order chi connectivity index (χ1) is 11.3. The number of unbranched alkanes of at least 4 members (excludes halogenated alkanes) is 7. The summed E-state index contributed by atoms with van der Waals surface area (Å²) in [5, 5.41) is 0. The molecule has 0 aromatic heterocycles. The summed E-state index contributed by atoms with van der Waals surface area (Å²) < 4.78 is 30.3. The lowest BCUT2D eigenvalue weighted by atomic mass is 10.1. The van der Waals surface area contributed by atoms with Crippen molar-refractivity contribution in [1.29, 1.82) is 0 Å². The molecule has 0 amide bonds. The smallest absolute Gasteiger partial charge is 0.211 e. The van der Waals surface area contributed by atoms with E-state index in [0.717, 1.165) is 17.3 Å². The van der Waals surface area contributed by atoms with E-state index in [1.54, 1.807) is 6.07 Å². The van der Waals surface area contributed by atoms with Gasteiger partial charge in [0.05, 0.1) is 9.37 Å². The molecule has 0 saturated carbocycles. The van der Waals surface area contributed by atoms with Crippen molar-refractivity contribution in [3.63, 3.8) is 0 Å². The van der Waals surface area contributed by atoms with E-state index in [0.29, 0.717) is 20.0 Å². The van der Waals surface area contributed by atoms with Crippen molar-refractivity contribution in [2.45, 2.75) is 63.2 Å². The SMILES string of the molecule is CCCCCCCCCCNS(=O)(=O)c1cc(Br)c(Br)c(Br)c1Br. The van der Waals surface area contributed by atoms with Crippen LogP contribution in [-0.4, -0.2) is 15.0 Å². The second kappa shape index (κ2) is 11.7. The van der Waals surface area contributed by atoms with Gasteiger partial charge in [-0.3, -0.25) is 0 Å². The molecule has 1 aromatic carbocycles. The number of benzene rings is 1. The van der Waals surface area contributed by atoms with Gasteiger partial charge >= 0.3 is 0 Å². The van der Waals surface area contributed by atoms with E-state index in [2.05, 4.69) is 75.4 Å². The minimum Gasteiger partial charge on any atom is -0.211 e. The Bertz CT molecular complexity index is 635. The highest BCUT2D eigenvalue weighted by molar-refractivity contribution is 9.15. The molecule has 0 fully saturated rings. The van der Waals surface area contributed by atoms with Crippen LogP contribution in [0.2, 0.25) is 0 Å². The van der Waals surface area contributed by atoms with Crippen LogP contribution in [0.5, 0.6) is 0 Å². The van der Waals surface area contributed by atoms with Crippen molar-refractivity contribution >= 4 is 73.7 Å². The third-order valence-electron chi connectivity index (χ3n) is 3.68. The summed E-state index contributed by atoms with van der Waals surface area (Å²) in [6, 6.07) is 1.59. The van der Waals surface area contributed by atoms with Gasteiger partial charge in [0.25, 0.3) is 0 Å². The van der Waals surface area contributed by atoms with Crippen molar-refractivity contribution in [2.24, 2.45) is 0 Å². The summed E-state index contributed by atoms with van der Waals surface area (Å²) in [4.78, 5) is 0.226. The summed E-state index contributed by atoms with van der Waals surface area (Å²) in [6.07, 6.45) is 9.51. The van der Waals surface area contributed by atoms with Gasteiger partial charge in [-0.2, -0.15) is 0 Å². The first-order valence-electron chi connectivity index (χ1n) is 8.14. The Hall–Kier alpha value is 1.05. The molecule has 0 heterocycles. The fourth-order valence-corrected chi connectivity index (χ4v) is 6.40. The normalized spacial score (nSPS) is 11.9. The first kappa shape index (κ1) is 23.1. The number of sulfonamides is 1. The lowest BCUT2D eigenvalue weighted by molar-refractivity contribution is 0.558. The van der Waals surface area contributed by atoms with Crippen LogP contribution in [0, 0.1) is 0 Å². The summed E-state index contributed by atoms with van der Waals surface area (Å²) in [7, 11) is -3.54. The molecule has 0 saturated heterocycles. The fourth-order valence-electron chi connectivity index (χ4n) is 2.29. The van der Waals surface area contributed by atoms with Crippen molar-refractivity contribution in [1.82, 2.24) is 4.72 Å². The fraction of sp³-hybridized carbons (Fsp3) is 0.625. The Labute approximate surface area is 179 Å². The highest BCUT2D eigenvalue weighted by Crippen LogP contribution is 2.40. The highest BCUT2D eigenvalue weighted by Gasteiger charge is 2.22. The van der Waals surface area contributed by atoms with Crippen LogP contribution in [0.1, 0.15) is 58.3 Å². The molecule has 3 nitrogen and oxygen atoms in total. The second-order valence-corrected chi connectivity index (χ2v) is 10.6. The molecule has 0 radical (unpaired) electrons. The lowest BCUT2D eigenvalue weighted by Gasteiger charge is -2.12. The Morgan fingerprint density at radius 1 is 0.833 bits per heavy atom. The third kappa shape index (κ3) is 7.35. The van der Waals surface area contributed by atoms with E-state index in [9.17, 15) is 8.42 Å². The topological polar surface area (TPSA) is 46.2 Å². The number of nitrogens with one attached hydrogen (secondary N) is 1. The minimum atomic E-state index is -3.54. The van der Waals surface area contributed by atoms with Crippen LogP contribution < -0.4 is 4.72 Å². The van der Waals surface area contributed by atoms with Crippen molar-refractivity contribution in [3.05, 3.63) is 24.0 Å².